The zero-order valence-corrected chi connectivity index (χ0v) is 21.0. The molecule has 0 unspecified atom stereocenters. The lowest BCUT2D eigenvalue weighted by atomic mass is 9.84. The molecular weight excluding hydrogens is 475 g/mol. The van der Waals surface area contributed by atoms with Crippen LogP contribution >= 0.6 is 0 Å². The van der Waals surface area contributed by atoms with Gasteiger partial charge in [0.2, 0.25) is 0 Å². The number of methoxy groups -OCH3 is 1. The molecule has 1 aromatic carbocycles. The lowest BCUT2D eigenvalue weighted by Crippen LogP contribution is -2.31. The first-order valence-corrected chi connectivity index (χ1v) is 12.5. The molecule has 1 saturated carbocycles. The largest absolute Gasteiger partial charge is 0.496 e. The third-order valence-electron chi connectivity index (χ3n) is 7.32. The van der Waals surface area contributed by atoms with Crippen LogP contribution in [0.2, 0.25) is 0 Å². The van der Waals surface area contributed by atoms with Crippen LogP contribution in [-0.2, 0) is 0 Å². The number of amides is 1. The van der Waals surface area contributed by atoms with Gasteiger partial charge in [0.05, 0.1) is 29.7 Å². The summed E-state index contributed by atoms with van der Waals surface area (Å²) in [5, 5.41) is 18.9. The Morgan fingerprint density at radius 3 is 2.76 bits per heavy atom. The minimum absolute atomic E-state index is 0.135. The molecule has 2 aromatic heterocycles. The predicted octanol–water partition coefficient (Wildman–Crippen LogP) is 3.96. The van der Waals surface area contributed by atoms with E-state index in [1.165, 1.54) is 31.6 Å². The number of carbonyl (C=O) groups is 1. The van der Waals surface area contributed by atoms with Gasteiger partial charge in [-0.25, -0.2) is 19.0 Å². The van der Waals surface area contributed by atoms with Gasteiger partial charge in [0.15, 0.2) is 5.65 Å². The van der Waals surface area contributed by atoms with Crippen LogP contribution in [0.5, 0.6) is 5.75 Å². The Bertz CT molecular complexity index is 1400. The lowest BCUT2D eigenvalue weighted by Gasteiger charge is -2.33. The smallest absolute Gasteiger partial charge is 0.255 e. The molecule has 37 heavy (non-hydrogen) atoms. The van der Waals surface area contributed by atoms with Crippen molar-refractivity contribution in [3.63, 3.8) is 0 Å². The maximum Gasteiger partial charge on any atom is 0.255 e. The van der Waals surface area contributed by atoms with Gasteiger partial charge in [-0.05, 0) is 69.2 Å². The Hall–Kier alpha value is -3.79. The number of rotatable bonds is 6. The third-order valence-corrected chi connectivity index (χ3v) is 7.32. The summed E-state index contributed by atoms with van der Waals surface area (Å²) in [5.74, 6) is -0.180. The number of hydrogen-bond donors (Lipinski definition) is 3. The highest BCUT2D eigenvalue weighted by Gasteiger charge is 2.32. The van der Waals surface area contributed by atoms with E-state index in [4.69, 9.17) is 15.6 Å². The number of aromatic nitrogens is 4. The van der Waals surface area contributed by atoms with E-state index in [1.54, 1.807) is 0 Å². The summed E-state index contributed by atoms with van der Waals surface area (Å²) in [6.45, 7) is 2.22. The fourth-order valence-corrected chi connectivity index (χ4v) is 5.12. The lowest BCUT2D eigenvalue weighted by molar-refractivity contribution is 0.00895. The molecule has 2 aliphatic rings. The van der Waals surface area contributed by atoms with Crippen LogP contribution in [0.25, 0.3) is 16.6 Å². The molecule has 2 heterocycles. The Labute approximate surface area is 214 Å². The molecule has 1 amide bonds. The van der Waals surface area contributed by atoms with Crippen molar-refractivity contribution >= 4 is 28.3 Å². The number of anilines is 1. The average Bonchev–Trinajstić information content (AvgIpc) is 3.28. The molecule has 10 heteroatoms. The van der Waals surface area contributed by atoms with Crippen molar-refractivity contribution in [2.75, 3.05) is 19.4 Å². The van der Waals surface area contributed by atoms with Crippen molar-refractivity contribution < 1.29 is 19.0 Å². The number of benzene rings is 1. The number of nitrogens with zero attached hydrogens (tertiary/aromatic N) is 4. The maximum atomic E-state index is 13.6. The minimum Gasteiger partial charge on any atom is -0.496 e. The molecule has 0 atom stereocenters. The molecule has 5 rings (SSSR count). The molecule has 3 aromatic rings. The summed E-state index contributed by atoms with van der Waals surface area (Å²) in [5.41, 5.74) is 9.34. The average molecular weight is 507 g/mol. The van der Waals surface area contributed by atoms with Crippen LogP contribution in [0, 0.1) is 5.82 Å². The van der Waals surface area contributed by atoms with E-state index in [2.05, 4.69) is 15.3 Å². The quantitative estimate of drug-likeness (QED) is 0.462. The first-order valence-electron chi connectivity index (χ1n) is 12.5. The number of halogens is 1. The van der Waals surface area contributed by atoms with Gasteiger partial charge in [-0.1, -0.05) is 17.7 Å². The highest BCUT2D eigenvalue weighted by Crippen LogP contribution is 2.39. The van der Waals surface area contributed by atoms with E-state index >= 15 is 0 Å². The van der Waals surface area contributed by atoms with Crippen LogP contribution in [0.15, 0.2) is 42.3 Å². The van der Waals surface area contributed by atoms with Crippen molar-refractivity contribution in [2.45, 2.75) is 57.1 Å². The molecule has 0 bridgehead atoms. The van der Waals surface area contributed by atoms with Gasteiger partial charge in [-0.3, -0.25) is 4.79 Å². The van der Waals surface area contributed by atoms with Crippen LogP contribution in [0.1, 0.15) is 67.5 Å². The number of nitrogen functional groups attached to an aromatic ring is 1. The van der Waals surface area contributed by atoms with Gasteiger partial charge in [0, 0.05) is 6.54 Å². The third kappa shape index (κ3) is 5.06. The summed E-state index contributed by atoms with van der Waals surface area (Å²) in [6.07, 6.45) is 9.90. The zero-order chi connectivity index (χ0) is 26.2. The van der Waals surface area contributed by atoms with Gasteiger partial charge in [-0.2, -0.15) is 5.10 Å². The number of carbonyl (C=O) groups excluding carboxylic acids is 1. The Morgan fingerprint density at radius 1 is 1.27 bits per heavy atom. The highest BCUT2D eigenvalue weighted by molar-refractivity contribution is 5.97. The van der Waals surface area contributed by atoms with Crippen LogP contribution in [-0.4, -0.2) is 50.0 Å². The van der Waals surface area contributed by atoms with E-state index < -0.39 is 17.3 Å². The second kappa shape index (κ2) is 9.93. The summed E-state index contributed by atoms with van der Waals surface area (Å²) >= 11 is 0. The molecule has 0 radical (unpaired) electrons. The van der Waals surface area contributed by atoms with Gasteiger partial charge in [-0.15, -0.1) is 0 Å². The summed E-state index contributed by atoms with van der Waals surface area (Å²) in [6, 6.07) is 4.00. The van der Waals surface area contributed by atoms with Crippen molar-refractivity contribution in [3.05, 3.63) is 59.3 Å². The van der Waals surface area contributed by atoms with Gasteiger partial charge >= 0.3 is 0 Å². The van der Waals surface area contributed by atoms with E-state index in [0.29, 0.717) is 43.0 Å². The number of ether oxygens (including phenoxy) is 1. The van der Waals surface area contributed by atoms with Gasteiger partial charge in [0.1, 0.15) is 29.4 Å². The normalized spacial score (nSPS) is 21.9. The summed E-state index contributed by atoms with van der Waals surface area (Å²) < 4.78 is 20.8. The number of allylic oxidation sites excluding steroid dienone is 3. The van der Waals surface area contributed by atoms with Crippen molar-refractivity contribution in [1.29, 1.82) is 0 Å². The molecule has 1 fully saturated rings. The number of nitrogens with two attached hydrogens (primary N) is 1. The Balaban J connectivity index is 1.36. The molecule has 0 saturated heterocycles. The van der Waals surface area contributed by atoms with Crippen molar-refractivity contribution in [1.82, 2.24) is 25.1 Å². The zero-order valence-electron chi connectivity index (χ0n) is 21.0. The number of fused-ring (bicyclic) bond motifs is 1. The Kier molecular flexibility index (Phi) is 6.68. The molecule has 194 valence electrons. The van der Waals surface area contributed by atoms with E-state index in [9.17, 15) is 14.3 Å². The molecule has 2 aliphatic carbocycles. The molecule has 4 N–H and O–H groups in total. The predicted molar refractivity (Wildman–Crippen MR) is 138 cm³/mol. The number of hydrogen-bond acceptors (Lipinski definition) is 7. The molecule has 9 nitrogen and oxygen atoms in total. The van der Waals surface area contributed by atoms with Crippen molar-refractivity contribution in [2.24, 2.45) is 0 Å². The summed E-state index contributed by atoms with van der Waals surface area (Å²) in [7, 11) is 1.45. The fraction of sp³-hybridized carbons (Fsp3) is 0.407. The first-order chi connectivity index (χ1) is 17.8. The fourth-order valence-electron chi connectivity index (χ4n) is 5.12. The molecule has 0 aliphatic heterocycles. The number of nitrogens with one attached hydrogen (secondary N) is 1. The number of aliphatic hydroxyl groups is 1. The second-order valence-corrected chi connectivity index (χ2v) is 10.0. The monoisotopic (exact) mass is 506 g/mol. The highest BCUT2D eigenvalue weighted by atomic mass is 19.1. The van der Waals surface area contributed by atoms with Crippen molar-refractivity contribution in [3.8, 4) is 5.75 Å². The SMILES string of the molecule is COc1ccc(F)cc1C(=O)NCC1=CC=C(c2nn(C3CCC(C)(O)CC3)c3ncnc(N)c23)CC1. The second-order valence-electron chi connectivity index (χ2n) is 10.0. The van der Waals surface area contributed by atoms with Crippen LogP contribution in [0.4, 0.5) is 10.2 Å². The topological polar surface area (TPSA) is 128 Å². The van der Waals surface area contributed by atoms with E-state index in [0.717, 1.165) is 41.5 Å². The van der Waals surface area contributed by atoms with Crippen LogP contribution in [0.3, 0.4) is 0 Å². The van der Waals surface area contributed by atoms with E-state index in [-0.39, 0.29) is 11.6 Å². The molecule has 0 spiro atoms. The standard InChI is InChI=1S/C27H31FN6O3/c1-27(36)11-9-19(10-12-27)34-25-22(24(29)31-15-32-25)23(33-34)17-5-3-16(4-6-17)14-30-26(35)20-13-18(28)7-8-21(20)37-2/h3,5,7-8,13,15,19,36H,4,6,9-12,14H2,1-2H3,(H,30,35)(H2,29,31,32). The summed E-state index contributed by atoms with van der Waals surface area (Å²) in [4.78, 5) is 21.3. The minimum atomic E-state index is -0.640. The molecular formula is C27H31FN6O3. The van der Waals surface area contributed by atoms with Gasteiger partial charge in [0.25, 0.3) is 5.91 Å². The van der Waals surface area contributed by atoms with E-state index in [1.807, 2.05) is 23.8 Å². The van der Waals surface area contributed by atoms with Crippen LogP contribution < -0.4 is 15.8 Å². The maximum absolute atomic E-state index is 13.6. The Morgan fingerprint density at radius 2 is 2.05 bits per heavy atom. The first kappa shape index (κ1) is 24.9. The van der Waals surface area contributed by atoms with Gasteiger partial charge < -0.3 is 20.9 Å².